The van der Waals surface area contributed by atoms with Gasteiger partial charge in [0.05, 0.1) is 27.4 Å². The topological polar surface area (TPSA) is 77.5 Å². The molecule has 1 aromatic carbocycles. The lowest BCUT2D eigenvalue weighted by atomic mass is 9.57. The number of piperidine rings is 1. The van der Waals surface area contributed by atoms with Crippen LogP contribution in [0.3, 0.4) is 0 Å². The highest BCUT2D eigenvalue weighted by molar-refractivity contribution is 5.82. The Morgan fingerprint density at radius 3 is 2.67 bits per heavy atom. The van der Waals surface area contributed by atoms with Gasteiger partial charge in [0, 0.05) is 30.0 Å². The summed E-state index contributed by atoms with van der Waals surface area (Å²) in [6, 6.07) is 5.78. The molecule has 0 amide bonds. The molecule has 7 nitrogen and oxygen atoms in total. The van der Waals surface area contributed by atoms with Crippen molar-refractivity contribution in [2.75, 3.05) is 41.0 Å². The average molecular weight is 418 g/mol. The van der Waals surface area contributed by atoms with Crippen molar-refractivity contribution in [3.63, 3.8) is 0 Å². The molecular weight excluding hydrogens is 386 g/mol. The first kappa shape index (κ1) is 20.2. The number of benzene rings is 1. The summed E-state index contributed by atoms with van der Waals surface area (Å²) in [4.78, 5) is 15.2. The molecule has 2 aliphatic carbocycles. The van der Waals surface area contributed by atoms with E-state index in [4.69, 9.17) is 18.9 Å². The van der Waals surface area contributed by atoms with Crippen LogP contribution in [0.1, 0.15) is 43.4 Å². The number of hydrogen-bond donors (Lipinski definition) is 1. The fraction of sp³-hybridized carbons (Fsp3) is 0.696. The molecule has 0 unspecified atom stereocenters. The molecule has 2 saturated heterocycles. The van der Waals surface area contributed by atoms with Gasteiger partial charge in [0.25, 0.3) is 0 Å². The molecule has 1 aromatic rings. The molecule has 0 bridgehead atoms. The fourth-order valence-corrected chi connectivity index (χ4v) is 7.06. The summed E-state index contributed by atoms with van der Waals surface area (Å²) in [5, 5.41) is 11.7. The molecule has 5 rings (SSSR count). The molecule has 2 heterocycles. The SMILES string of the molecule is COC(=O)[C@]1(O)C[C@@H]2[C@@H](c3ccc(OC)cc31)N(C)C[C@@]1(C)[C@H]2CCC12OCCO2. The van der Waals surface area contributed by atoms with Gasteiger partial charge >= 0.3 is 5.97 Å². The van der Waals surface area contributed by atoms with Gasteiger partial charge < -0.3 is 24.1 Å². The highest BCUT2D eigenvalue weighted by Gasteiger charge is 2.68. The number of ether oxygens (including phenoxy) is 4. The van der Waals surface area contributed by atoms with Crippen molar-refractivity contribution in [3.8, 4) is 5.75 Å². The third-order valence-electron chi connectivity index (χ3n) is 8.28. The van der Waals surface area contributed by atoms with E-state index in [1.807, 2.05) is 12.1 Å². The average Bonchev–Trinajstić information content (AvgIpc) is 3.33. The van der Waals surface area contributed by atoms with Gasteiger partial charge in [0.15, 0.2) is 11.4 Å². The third kappa shape index (κ3) is 2.43. The molecule has 3 fully saturated rings. The summed E-state index contributed by atoms with van der Waals surface area (Å²) in [6.45, 7) is 4.33. The lowest BCUT2D eigenvalue weighted by Gasteiger charge is -2.58. The number of methoxy groups -OCH3 is 2. The van der Waals surface area contributed by atoms with E-state index in [0.29, 0.717) is 30.9 Å². The van der Waals surface area contributed by atoms with Crippen LogP contribution in [0.15, 0.2) is 18.2 Å². The highest BCUT2D eigenvalue weighted by atomic mass is 16.7. The number of carbonyl (C=O) groups is 1. The van der Waals surface area contributed by atoms with E-state index in [9.17, 15) is 9.90 Å². The van der Waals surface area contributed by atoms with E-state index < -0.39 is 17.4 Å². The molecule has 1 saturated carbocycles. The maximum Gasteiger partial charge on any atom is 0.342 e. The van der Waals surface area contributed by atoms with Crippen molar-refractivity contribution >= 4 is 5.97 Å². The van der Waals surface area contributed by atoms with E-state index in [2.05, 4.69) is 18.9 Å². The van der Waals surface area contributed by atoms with Gasteiger partial charge in [-0.15, -0.1) is 0 Å². The first-order chi connectivity index (χ1) is 14.3. The Hall–Kier alpha value is -1.67. The number of fused-ring (bicyclic) bond motifs is 6. The van der Waals surface area contributed by atoms with Crippen molar-refractivity contribution < 1.29 is 28.8 Å². The Kier molecular flexibility index (Phi) is 4.50. The van der Waals surface area contributed by atoms with Gasteiger partial charge in [-0.05, 0) is 49.4 Å². The van der Waals surface area contributed by atoms with Crippen LogP contribution >= 0.6 is 0 Å². The number of likely N-dealkylation sites (tertiary alicyclic amines) is 1. The first-order valence-electron chi connectivity index (χ1n) is 10.8. The predicted molar refractivity (Wildman–Crippen MR) is 108 cm³/mol. The second-order valence-electron chi connectivity index (χ2n) is 9.55. The molecule has 2 aliphatic heterocycles. The van der Waals surface area contributed by atoms with Gasteiger partial charge in [-0.25, -0.2) is 4.79 Å². The highest BCUT2D eigenvalue weighted by Crippen LogP contribution is 2.65. The number of carbonyl (C=O) groups excluding carboxylic acids is 1. The minimum atomic E-state index is -1.70. The molecule has 164 valence electrons. The van der Waals surface area contributed by atoms with Crippen LogP contribution in [-0.4, -0.2) is 62.8 Å². The Balaban J connectivity index is 1.64. The van der Waals surface area contributed by atoms with Crippen LogP contribution in [0.4, 0.5) is 0 Å². The zero-order valence-electron chi connectivity index (χ0n) is 18.1. The van der Waals surface area contributed by atoms with Crippen LogP contribution in [-0.2, 0) is 24.6 Å². The van der Waals surface area contributed by atoms with Gasteiger partial charge in [0.2, 0.25) is 0 Å². The van der Waals surface area contributed by atoms with Gasteiger partial charge in [-0.1, -0.05) is 13.0 Å². The molecule has 1 N–H and O–H groups in total. The number of aliphatic hydroxyl groups is 1. The minimum Gasteiger partial charge on any atom is -0.497 e. The number of rotatable bonds is 2. The Morgan fingerprint density at radius 1 is 1.27 bits per heavy atom. The maximum atomic E-state index is 12.9. The summed E-state index contributed by atoms with van der Waals surface area (Å²) in [5.41, 5.74) is -0.350. The smallest absolute Gasteiger partial charge is 0.342 e. The van der Waals surface area contributed by atoms with Crippen molar-refractivity contribution in [3.05, 3.63) is 29.3 Å². The summed E-state index contributed by atoms with van der Waals surface area (Å²) >= 11 is 0. The number of esters is 1. The third-order valence-corrected chi connectivity index (χ3v) is 8.28. The summed E-state index contributed by atoms with van der Waals surface area (Å²) < 4.78 is 22.9. The van der Waals surface area contributed by atoms with Crippen molar-refractivity contribution in [1.29, 1.82) is 0 Å². The zero-order valence-corrected chi connectivity index (χ0v) is 18.1. The molecule has 0 radical (unpaired) electrons. The second-order valence-corrected chi connectivity index (χ2v) is 9.55. The van der Waals surface area contributed by atoms with E-state index in [1.165, 1.54) is 7.11 Å². The van der Waals surface area contributed by atoms with Crippen molar-refractivity contribution in [2.45, 2.75) is 43.6 Å². The van der Waals surface area contributed by atoms with Crippen LogP contribution in [0.5, 0.6) is 5.75 Å². The molecule has 5 atom stereocenters. The van der Waals surface area contributed by atoms with E-state index in [1.54, 1.807) is 13.2 Å². The molecule has 7 heteroatoms. The first-order valence-corrected chi connectivity index (χ1v) is 10.8. The Bertz CT molecular complexity index is 867. The van der Waals surface area contributed by atoms with Gasteiger partial charge in [0.1, 0.15) is 5.75 Å². The van der Waals surface area contributed by atoms with Gasteiger partial charge in [-0.2, -0.15) is 0 Å². The summed E-state index contributed by atoms with van der Waals surface area (Å²) in [6.07, 6.45) is 2.11. The number of nitrogens with zero attached hydrogens (tertiary/aromatic N) is 1. The van der Waals surface area contributed by atoms with E-state index >= 15 is 0 Å². The summed E-state index contributed by atoms with van der Waals surface area (Å²) in [5.74, 6) is -0.230. The lowest BCUT2D eigenvalue weighted by molar-refractivity contribution is -0.249. The van der Waals surface area contributed by atoms with Crippen LogP contribution in [0.2, 0.25) is 0 Å². The largest absolute Gasteiger partial charge is 0.497 e. The molecule has 4 aliphatic rings. The van der Waals surface area contributed by atoms with Crippen molar-refractivity contribution in [2.24, 2.45) is 17.3 Å². The van der Waals surface area contributed by atoms with Crippen LogP contribution in [0, 0.1) is 17.3 Å². The van der Waals surface area contributed by atoms with Crippen LogP contribution in [0.25, 0.3) is 0 Å². The maximum absolute atomic E-state index is 12.9. The molecular formula is C23H31NO6. The quantitative estimate of drug-likeness (QED) is 0.740. The predicted octanol–water partition coefficient (Wildman–Crippen LogP) is 2.22. The lowest BCUT2D eigenvalue weighted by Crippen LogP contribution is -2.61. The second kappa shape index (κ2) is 6.66. The van der Waals surface area contributed by atoms with Gasteiger partial charge in [-0.3, -0.25) is 4.90 Å². The van der Waals surface area contributed by atoms with E-state index in [-0.39, 0.29) is 23.3 Å². The zero-order chi connectivity index (χ0) is 21.3. The van der Waals surface area contributed by atoms with Crippen LogP contribution < -0.4 is 4.74 Å². The van der Waals surface area contributed by atoms with Crippen molar-refractivity contribution in [1.82, 2.24) is 4.90 Å². The summed E-state index contributed by atoms with van der Waals surface area (Å²) in [7, 11) is 5.03. The number of hydrogen-bond acceptors (Lipinski definition) is 7. The molecule has 1 spiro atoms. The molecule has 0 aromatic heterocycles. The Morgan fingerprint density at radius 2 is 2.00 bits per heavy atom. The normalized spacial score (nSPS) is 39.3. The standard InChI is InChI=1S/C23H31NO6/c1-21-13-24(2)19-15-6-5-14(27-3)11-18(15)22(26,20(25)28-4)12-16(19)17(21)7-8-23(21)29-9-10-30-23/h5-6,11,16-17,19,26H,7-10,12-13H2,1-4H3/t16-,17-,19+,21-,22-/m0/s1. The minimum absolute atomic E-state index is 0.0749. The fourth-order valence-electron chi connectivity index (χ4n) is 7.06. The monoisotopic (exact) mass is 417 g/mol. The molecule has 30 heavy (non-hydrogen) atoms. The van der Waals surface area contributed by atoms with E-state index in [0.717, 1.165) is 24.9 Å². The Labute approximate surface area is 177 Å².